The van der Waals surface area contributed by atoms with Gasteiger partial charge in [0.1, 0.15) is 0 Å². The molecule has 0 N–H and O–H groups in total. The summed E-state index contributed by atoms with van der Waals surface area (Å²) in [5.74, 6) is -0.661. The number of benzene rings is 2. The van der Waals surface area contributed by atoms with Gasteiger partial charge in [-0.2, -0.15) is 10.2 Å². The molecule has 0 spiro atoms. The van der Waals surface area contributed by atoms with E-state index in [1.165, 1.54) is 14.2 Å². The number of hydrogen-bond acceptors (Lipinski definition) is 6. The highest BCUT2D eigenvalue weighted by molar-refractivity contribution is 5.94. The average Bonchev–Trinajstić information content (AvgIpc) is 3.27. The first-order valence-corrected chi connectivity index (χ1v) is 8.44. The molecule has 0 fully saturated rings. The van der Waals surface area contributed by atoms with Crippen LogP contribution in [0.1, 0.15) is 20.7 Å². The van der Waals surface area contributed by atoms with Crippen molar-refractivity contribution in [1.82, 2.24) is 19.6 Å². The van der Waals surface area contributed by atoms with Gasteiger partial charge in [0.15, 0.2) is 0 Å². The number of aryl methyl sites for hydroxylation is 2. The molecule has 0 saturated heterocycles. The second-order valence-corrected chi connectivity index (χ2v) is 6.10. The van der Waals surface area contributed by atoms with Crippen LogP contribution in [0.2, 0.25) is 0 Å². The van der Waals surface area contributed by atoms with Crippen molar-refractivity contribution in [2.75, 3.05) is 14.2 Å². The SMILES string of the molecule is COC(=O)c1ccc2cn(C)nc2c1.COC(=O)c1ccc2cnn(C)c2c1. The Bertz CT molecular complexity index is 1150. The molecule has 0 aliphatic heterocycles. The molecule has 28 heavy (non-hydrogen) atoms. The van der Waals surface area contributed by atoms with E-state index in [2.05, 4.69) is 19.7 Å². The summed E-state index contributed by atoms with van der Waals surface area (Å²) < 4.78 is 12.7. The van der Waals surface area contributed by atoms with E-state index in [1.54, 1.807) is 39.8 Å². The second kappa shape index (κ2) is 7.91. The summed E-state index contributed by atoms with van der Waals surface area (Å²) in [5.41, 5.74) is 2.80. The Labute approximate surface area is 161 Å². The minimum atomic E-state index is -0.336. The Balaban J connectivity index is 0.000000161. The van der Waals surface area contributed by atoms with Gasteiger partial charge in [-0.3, -0.25) is 9.36 Å². The normalized spacial score (nSPS) is 10.4. The molecule has 0 amide bonds. The number of carbonyl (C=O) groups excluding carboxylic acids is 2. The summed E-state index contributed by atoms with van der Waals surface area (Å²) in [5, 5.41) is 10.3. The molecule has 0 atom stereocenters. The van der Waals surface area contributed by atoms with E-state index in [0.717, 1.165) is 21.8 Å². The van der Waals surface area contributed by atoms with Gasteiger partial charge < -0.3 is 9.47 Å². The fourth-order valence-corrected chi connectivity index (χ4v) is 2.77. The molecule has 0 aliphatic rings. The maximum absolute atomic E-state index is 11.2. The van der Waals surface area contributed by atoms with E-state index in [1.807, 2.05) is 32.4 Å². The smallest absolute Gasteiger partial charge is 0.337 e. The first-order chi connectivity index (χ1) is 13.4. The minimum absolute atomic E-state index is 0.326. The second-order valence-electron chi connectivity index (χ2n) is 6.10. The molecule has 8 heteroatoms. The highest BCUT2D eigenvalue weighted by Crippen LogP contribution is 2.15. The summed E-state index contributed by atoms with van der Waals surface area (Å²) in [7, 11) is 6.42. The number of ether oxygens (including phenoxy) is 2. The lowest BCUT2D eigenvalue weighted by atomic mass is 10.2. The van der Waals surface area contributed by atoms with Gasteiger partial charge in [-0.1, -0.05) is 12.1 Å². The van der Waals surface area contributed by atoms with Gasteiger partial charge in [0, 0.05) is 31.1 Å². The molecule has 2 aromatic carbocycles. The molecule has 8 nitrogen and oxygen atoms in total. The van der Waals surface area contributed by atoms with Crippen molar-refractivity contribution in [3.05, 3.63) is 59.9 Å². The van der Waals surface area contributed by atoms with Gasteiger partial charge in [-0.05, 0) is 24.3 Å². The van der Waals surface area contributed by atoms with E-state index in [-0.39, 0.29) is 11.9 Å². The molecule has 4 rings (SSSR count). The monoisotopic (exact) mass is 380 g/mol. The number of rotatable bonds is 2. The van der Waals surface area contributed by atoms with Gasteiger partial charge in [0.2, 0.25) is 0 Å². The summed E-state index contributed by atoms with van der Waals surface area (Å²) in [6.07, 6.45) is 3.66. The lowest BCUT2D eigenvalue weighted by Gasteiger charge is -1.99. The predicted octanol–water partition coefficient (Wildman–Crippen LogP) is 2.72. The summed E-state index contributed by atoms with van der Waals surface area (Å²) >= 11 is 0. The molecule has 0 aliphatic carbocycles. The highest BCUT2D eigenvalue weighted by atomic mass is 16.5. The van der Waals surface area contributed by atoms with Gasteiger partial charge >= 0.3 is 11.9 Å². The number of methoxy groups -OCH3 is 2. The lowest BCUT2D eigenvalue weighted by molar-refractivity contribution is 0.0592. The summed E-state index contributed by atoms with van der Waals surface area (Å²) in [6.45, 7) is 0. The molecular weight excluding hydrogens is 360 g/mol. The fraction of sp³-hybridized carbons (Fsp3) is 0.200. The van der Waals surface area contributed by atoms with Gasteiger partial charge in [-0.15, -0.1) is 0 Å². The van der Waals surface area contributed by atoms with Gasteiger partial charge in [-0.25, -0.2) is 9.59 Å². The maximum atomic E-state index is 11.2. The van der Waals surface area contributed by atoms with E-state index >= 15 is 0 Å². The van der Waals surface area contributed by atoms with E-state index in [0.29, 0.717) is 11.1 Å². The Morgan fingerprint density at radius 1 is 0.893 bits per heavy atom. The fourth-order valence-electron chi connectivity index (χ4n) is 2.77. The Kier molecular flexibility index (Phi) is 5.39. The van der Waals surface area contributed by atoms with E-state index in [4.69, 9.17) is 0 Å². The number of carbonyl (C=O) groups is 2. The number of fused-ring (bicyclic) bond motifs is 2. The number of nitrogens with zero attached hydrogens (tertiary/aromatic N) is 4. The van der Waals surface area contributed by atoms with Crippen molar-refractivity contribution in [3.8, 4) is 0 Å². The zero-order valence-corrected chi connectivity index (χ0v) is 16.0. The number of aromatic nitrogens is 4. The Morgan fingerprint density at radius 2 is 1.50 bits per heavy atom. The highest BCUT2D eigenvalue weighted by Gasteiger charge is 2.08. The molecule has 2 heterocycles. The van der Waals surface area contributed by atoms with Crippen molar-refractivity contribution in [2.24, 2.45) is 14.1 Å². The molecule has 0 bridgehead atoms. The van der Waals surface area contributed by atoms with Crippen molar-refractivity contribution >= 4 is 33.7 Å². The third-order valence-electron chi connectivity index (χ3n) is 4.21. The third-order valence-corrected chi connectivity index (χ3v) is 4.21. The first-order valence-electron chi connectivity index (χ1n) is 8.44. The van der Waals surface area contributed by atoms with E-state index in [9.17, 15) is 9.59 Å². The van der Waals surface area contributed by atoms with Gasteiger partial charge in [0.05, 0.1) is 42.6 Å². The van der Waals surface area contributed by atoms with Crippen molar-refractivity contribution in [1.29, 1.82) is 0 Å². The first kappa shape index (κ1) is 19.1. The Hall–Kier alpha value is -3.68. The average molecular weight is 380 g/mol. The zero-order valence-electron chi connectivity index (χ0n) is 16.0. The van der Waals surface area contributed by atoms with Crippen LogP contribution in [-0.2, 0) is 23.6 Å². The predicted molar refractivity (Wildman–Crippen MR) is 104 cm³/mol. The van der Waals surface area contributed by atoms with Crippen molar-refractivity contribution in [2.45, 2.75) is 0 Å². The Morgan fingerprint density at radius 3 is 2.14 bits per heavy atom. The van der Waals surface area contributed by atoms with Crippen LogP contribution in [0.15, 0.2) is 48.8 Å². The number of hydrogen-bond donors (Lipinski definition) is 0. The van der Waals surface area contributed by atoms with Crippen LogP contribution in [0.5, 0.6) is 0 Å². The largest absolute Gasteiger partial charge is 0.465 e. The van der Waals surface area contributed by atoms with Crippen LogP contribution >= 0.6 is 0 Å². The standard InChI is InChI=1S/2C10H10N2O2/c1-12-6-8-4-3-7(10(13)14-2)5-9(8)11-12;1-12-9-5-7(10(13)14-2)3-4-8(9)6-11-12/h2*3-6H,1-2H3. The van der Waals surface area contributed by atoms with Crippen LogP contribution in [0.4, 0.5) is 0 Å². The van der Waals surface area contributed by atoms with Crippen LogP contribution in [0.3, 0.4) is 0 Å². The van der Waals surface area contributed by atoms with Crippen LogP contribution in [0, 0.1) is 0 Å². The van der Waals surface area contributed by atoms with Crippen LogP contribution in [0.25, 0.3) is 21.8 Å². The quantitative estimate of drug-likeness (QED) is 0.497. The lowest BCUT2D eigenvalue weighted by Crippen LogP contribution is -2.01. The van der Waals surface area contributed by atoms with Crippen molar-refractivity contribution in [3.63, 3.8) is 0 Å². The molecule has 2 aromatic heterocycles. The minimum Gasteiger partial charge on any atom is -0.465 e. The third kappa shape index (κ3) is 3.85. The zero-order chi connectivity index (χ0) is 20.3. The van der Waals surface area contributed by atoms with Crippen molar-refractivity contribution < 1.29 is 19.1 Å². The van der Waals surface area contributed by atoms with Gasteiger partial charge in [0.25, 0.3) is 0 Å². The van der Waals surface area contributed by atoms with Crippen LogP contribution < -0.4 is 0 Å². The molecule has 0 radical (unpaired) electrons. The molecule has 0 saturated carbocycles. The molecular formula is C20H20N4O4. The summed E-state index contributed by atoms with van der Waals surface area (Å²) in [6, 6.07) is 10.7. The molecule has 4 aromatic rings. The van der Waals surface area contributed by atoms with Crippen LogP contribution in [-0.4, -0.2) is 45.7 Å². The topological polar surface area (TPSA) is 88.2 Å². The summed E-state index contributed by atoms with van der Waals surface area (Å²) in [4.78, 5) is 22.4. The molecule has 0 unspecified atom stereocenters. The number of esters is 2. The molecule has 144 valence electrons. The maximum Gasteiger partial charge on any atom is 0.337 e. The van der Waals surface area contributed by atoms with E-state index < -0.39 is 0 Å².